The molecule has 0 spiro atoms. The lowest BCUT2D eigenvalue weighted by molar-refractivity contribution is 0.521. The third kappa shape index (κ3) is 3.44. The number of nitrogens with one attached hydrogen (secondary N) is 1. The molecule has 0 bridgehead atoms. The standard InChI is InChI=1S/C17H15ClN2O/c1-12-20-17(11-21-12)14-5-7-16(8-6-14)19-10-13-3-2-4-15(18)9-13/h2-9,11,19H,10H2,1H3. The predicted octanol–water partition coefficient (Wildman–Crippen LogP) is 4.92. The average Bonchev–Trinajstić information content (AvgIpc) is 2.92. The average molecular weight is 299 g/mol. The van der Waals surface area contributed by atoms with Crippen LogP contribution in [-0.2, 0) is 6.54 Å². The van der Waals surface area contributed by atoms with Gasteiger partial charge in [-0.1, -0.05) is 35.9 Å². The number of halogens is 1. The molecule has 3 rings (SSSR count). The number of anilines is 1. The first kappa shape index (κ1) is 13.7. The summed E-state index contributed by atoms with van der Waals surface area (Å²) in [5.74, 6) is 0.674. The Hall–Kier alpha value is -2.26. The van der Waals surface area contributed by atoms with E-state index >= 15 is 0 Å². The second kappa shape index (κ2) is 6.02. The van der Waals surface area contributed by atoms with Crippen LogP contribution in [0.4, 0.5) is 5.69 Å². The molecule has 0 aliphatic carbocycles. The van der Waals surface area contributed by atoms with Crippen molar-refractivity contribution in [2.24, 2.45) is 0 Å². The lowest BCUT2D eigenvalue weighted by Gasteiger charge is -2.07. The second-order valence-corrected chi connectivity index (χ2v) is 5.25. The molecule has 0 saturated heterocycles. The molecule has 1 aromatic heterocycles. The second-order valence-electron chi connectivity index (χ2n) is 4.81. The Morgan fingerprint density at radius 2 is 1.95 bits per heavy atom. The summed E-state index contributed by atoms with van der Waals surface area (Å²) in [6.07, 6.45) is 1.67. The number of oxazole rings is 1. The van der Waals surface area contributed by atoms with E-state index in [9.17, 15) is 0 Å². The summed E-state index contributed by atoms with van der Waals surface area (Å²) in [6.45, 7) is 2.58. The Balaban J connectivity index is 1.67. The number of rotatable bonds is 4. The molecule has 106 valence electrons. The van der Waals surface area contributed by atoms with Crippen LogP contribution in [0.15, 0.2) is 59.2 Å². The maximum Gasteiger partial charge on any atom is 0.191 e. The third-order valence-corrected chi connectivity index (χ3v) is 3.42. The minimum atomic E-state index is 0.674. The van der Waals surface area contributed by atoms with Gasteiger partial charge in [0.1, 0.15) is 12.0 Å². The van der Waals surface area contributed by atoms with E-state index < -0.39 is 0 Å². The van der Waals surface area contributed by atoms with Crippen LogP contribution >= 0.6 is 11.6 Å². The number of aryl methyl sites for hydroxylation is 1. The Labute approximate surface area is 128 Å². The minimum absolute atomic E-state index is 0.674. The molecule has 0 atom stereocenters. The van der Waals surface area contributed by atoms with E-state index in [4.69, 9.17) is 16.0 Å². The topological polar surface area (TPSA) is 38.1 Å². The van der Waals surface area contributed by atoms with Crippen LogP contribution in [-0.4, -0.2) is 4.98 Å². The van der Waals surface area contributed by atoms with Crippen LogP contribution in [0.2, 0.25) is 5.02 Å². The molecule has 3 nitrogen and oxygen atoms in total. The maximum atomic E-state index is 5.97. The van der Waals surface area contributed by atoms with E-state index in [1.807, 2.05) is 55.5 Å². The van der Waals surface area contributed by atoms with Crippen LogP contribution < -0.4 is 5.32 Å². The zero-order valence-electron chi connectivity index (χ0n) is 11.6. The predicted molar refractivity (Wildman–Crippen MR) is 85.5 cm³/mol. The van der Waals surface area contributed by atoms with Crippen molar-refractivity contribution in [3.63, 3.8) is 0 Å². The number of aromatic nitrogens is 1. The van der Waals surface area contributed by atoms with E-state index in [1.165, 1.54) is 0 Å². The first-order chi connectivity index (χ1) is 10.2. The van der Waals surface area contributed by atoms with Gasteiger partial charge in [-0.15, -0.1) is 0 Å². The van der Waals surface area contributed by atoms with Crippen molar-refractivity contribution in [2.75, 3.05) is 5.32 Å². The fourth-order valence-corrected chi connectivity index (χ4v) is 2.32. The van der Waals surface area contributed by atoms with Gasteiger partial charge >= 0.3 is 0 Å². The van der Waals surface area contributed by atoms with E-state index in [0.29, 0.717) is 5.89 Å². The summed E-state index contributed by atoms with van der Waals surface area (Å²) >= 11 is 5.97. The Kier molecular flexibility index (Phi) is 3.93. The van der Waals surface area contributed by atoms with Gasteiger partial charge in [0.05, 0.1) is 0 Å². The van der Waals surface area contributed by atoms with Crippen molar-refractivity contribution in [1.29, 1.82) is 0 Å². The van der Waals surface area contributed by atoms with Crippen LogP contribution in [0.3, 0.4) is 0 Å². The Morgan fingerprint density at radius 1 is 1.14 bits per heavy atom. The Morgan fingerprint density at radius 3 is 2.62 bits per heavy atom. The van der Waals surface area contributed by atoms with E-state index in [0.717, 1.165) is 34.1 Å². The first-order valence-electron chi connectivity index (χ1n) is 6.71. The van der Waals surface area contributed by atoms with Crippen molar-refractivity contribution in [3.05, 3.63) is 71.3 Å². The minimum Gasteiger partial charge on any atom is -0.449 e. The molecule has 0 saturated carbocycles. The monoisotopic (exact) mass is 298 g/mol. The summed E-state index contributed by atoms with van der Waals surface area (Å²) in [5.41, 5.74) is 4.10. The molecule has 3 aromatic rings. The van der Waals surface area contributed by atoms with Crippen molar-refractivity contribution >= 4 is 17.3 Å². The fourth-order valence-electron chi connectivity index (χ4n) is 2.11. The zero-order chi connectivity index (χ0) is 14.7. The van der Waals surface area contributed by atoms with Crippen molar-refractivity contribution in [2.45, 2.75) is 13.5 Å². The van der Waals surface area contributed by atoms with Crippen molar-refractivity contribution in [3.8, 4) is 11.3 Å². The molecule has 0 fully saturated rings. The normalized spacial score (nSPS) is 10.6. The van der Waals surface area contributed by atoms with E-state index in [-0.39, 0.29) is 0 Å². The lowest BCUT2D eigenvalue weighted by atomic mass is 10.1. The Bertz CT molecular complexity index is 735. The molecule has 0 amide bonds. The molecule has 1 N–H and O–H groups in total. The molecule has 4 heteroatoms. The molecular weight excluding hydrogens is 284 g/mol. The van der Waals surface area contributed by atoms with Crippen LogP contribution in [0.25, 0.3) is 11.3 Å². The highest BCUT2D eigenvalue weighted by molar-refractivity contribution is 6.30. The molecule has 0 aliphatic heterocycles. The highest BCUT2D eigenvalue weighted by Crippen LogP contribution is 2.21. The first-order valence-corrected chi connectivity index (χ1v) is 7.09. The quantitative estimate of drug-likeness (QED) is 0.743. The van der Waals surface area contributed by atoms with E-state index in [1.54, 1.807) is 6.26 Å². The van der Waals surface area contributed by atoms with E-state index in [2.05, 4.69) is 10.3 Å². The molecule has 0 aliphatic rings. The largest absolute Gasteiger partial charge is 0.449 e. The molecule has 1 heterocycles. The highest BCUT2D eigenvalue weighted by atomic mass is 35.5. The summed E-state index contributed by atoms with van der Waals surface area (Å²) < 4.78 is 5.23. The fraction of sp³-hybridized carbons (Fsp3) is 0.118. The zero-order valence-corrected chi connectivity index (χ0v) is 12.4. The lowest BCUT2D eigenvalue weighted by Crippen LogP contribution is -1.98. The molecule has 0 radical (unpaired) electrons. The SMILES string of the molecule is Cc1nc(-c2ccc(NCc3cccc(Cl)c3)cc2)co1. The van der Waals surface area contributed by atoms with Gasteiger partial charge in [-0.05, 0) is 29.8 Å². The summed E-state index contributed by atoms with van der Waals surface area (Å²) in [7, 11) is 0. The van der Waals surface area contributed by atoms with Crippen LogP contribution in [0, 0.1) is 6.92 Å². The summed E-state index contributed by atoms with van der Waals surface area (Å²) in [5, 5.41) is 4.13. The number of benzene rings is 2. The molecular formula is C17H15ClN2O. The van der Waals surface area contributed by atoms with Gasteiger partial charge in [0.15, 0.2) is 5.89 Å². The smallest absolute Gasteiger partial charge is 0.191 e. The van der Waals surface area contributed by atoms with Crippen molar-refractivity contribution < 1.29 is 4.42 Å². The molecule has 2 aromatic carbocycles. The summed E-state index contributed by atoms with van der Waals surface area (Å²) in [4.78, 5) is 4.31. The molecule has 0 unspecified atom stereocenters. The molecule has 21 heavy (non-hydrogen) atoms. The van der Waals surface area contributed by atoms with Gasteiger partial charge in [0.25, 0.3) is 0 Å². The number of nitrogens with zero attached hydrogens (tertiary/aromatic N) is 1. The maximum absolute atomic E-state index is 5.97. The van der Waals surface area contributed by atoms with Gasteiger partial charge in [0.2, 0.25) is 0 Å². The van der Waals surface area contributed by atoms with Crippen LogP contribution in [0.1, 0.15) is 11.5 Å². The van der Waals surface area contributed by atoms with Gasteiger partial charge < -0.3 is 9.73 Å². The third-order valence-electron chi connectivity index (χ3n) is 3.19. The van der Waals surface area contributed by atoms with Gasteiger partial charge in [-0.25, -0.2) is 4.98 Å². The highest BCUT2D eigenvalue weighted by Gasteiger charge is 2.03. The summed E-state index contributed by atoms with van der Waals surface area (Å²) in [6, 6.07) is 15.9. The van der Waals surface area contributed by atoms with Gasteiger partial charge in [-0.2, -0.15) is 0 Å². The number of hydrogen-bond donors (Lipinski definition) is 1. The van der Waals surface area contributed by atoms with Crippen LogP contribution in [0.5, 0.6) is 0 Å². The van der Waals surface area contributed by atoms with Gasteiger partial charge in [-0.3, -0.25) is 0 Å². The van der Waals surface area contributed by atoms with Crippen molar-refractivity contribution in [1.82, 2.24) is 4.98 Å². The van der Waals surface area contributed by atoms with Gasteiger partial charge in [0, 0.05) is 29.7 Å². The number of hydrogen-bond acceptors (Lipinski definition) is 3.